The van der Waals surface area contributed by atoms with Crippen molar-refractivity contribution >= 4 is 35.6 Å². The summed E-state index contributed by atoms with van der Waals surface area (Å²) < 4.78 is 0. The summed E-state index contributed by atoms with van der Waals surface area (Å²) in [6.07, 6.45) is 9.48. The summed E-state index contributed by atoms with van der Waals surface area (Å²) in [6, 6.07) is 7.25. The molecule has 6 nitrogen and oxygen atoms in total. The van der Waals surface area contributed by atoms with Crippen LogP contribution in [0, 0.1) is 10.1 Å². The largest absolute Gasteiger partial charge is 0.356 e. The fourth-order valence-electron chi connectivity index (χ4n) is 2.57. The predicted octanol–water partition coefficient (Wildman–Crippen LogP) is 3.42. The molecule has 0 saturated heterocycles. The van der Waals surface area contributed by atoms with E-state index >= 15 is 0 Å². The summed E-state index contributed by atoms with van der Waals surface area (Å²) in [4.78, 5) is 14.5. The van der Waals surface area contributed by atoms with E-state index in [4.69, 9.17) is 0 Å². The fraction of sp³-hybridized carbons (Fsp3) is 0.471. The molecule has 1 aliphatic carbocycles. The molecule has 132 valence electrons. The monoisotopic (exact) mass is 444 g/mol. The van der Waals surface area contributed by atoms with Crippen LogP contribution in [0.2, 0.25) is 0 Å². The smallest absolute Gasteiger partial charge is 0.269 e. The Bertz CT molecular complexity index is 564. The first-order valence-corrected chi connectivity index (χ1v) is 8.04. The van der Waals surface area contributed by atoms with Crippen molar-refractivity contribution in [3.8, 4) is 0 Å². The summed E-state index contributed by atoms with van der Waals surface area (Å²) in [7, 11) is 1.79. The summed E-state index contributed by atoms with van der Waals surface area (Å²) in [5, 5.41) is 17.3. The molecular weight excluding hydrogens is 419 g/mol. The van der Waals surface area contributed by atoms with E-state index in [9.17, 15) is 10.1 Å². The highest BCUT2D eigenvalue weighted by molar-refractivity contribution is 14.0. The first kappa shape index (κ1) is 20.4. The molecule has 0 aliphatic heterocycles. The van der Waals surface area contributed by atoms with E-state index in [0.29, 0.717) is 6.04 Å². The van der Waals surface area contributed by atoms with Crippen molar-refractivity contribution in [1.82, 2.24) is 10.6 Å². The molecule has 0 amide bonds. The highest BCUT2D eigenvalue weighted by Crippen LogP contribution is 2.13. The number of hydrogen-bond acceptors (Lipinski definition) is 3. The van der Waals surface area contributed by atoms with E-state index in [1.807, 2.05) is 12.1 Å². The van der Waals surface area contributed by atoms with Gasteiger partial charge in [-0.25, -0.2) is 0 Å². The molecule has 0 unspecified atom stereocenters. The highest BCUT2D eigenvalue weighted by atomic mass is 127. The molecular formula is C17H25IN4O2. The fourth-order valence-corrected chi connectivity index (χ4v) is 2.57. The minimum absolute atomic E-state index is 0. The lowest BCUT2D eigenvalue weighted by Crippen LogP contribution is -2.42. The normalized spacial score (nSPS) is 14.3. The van der Waals surface area contributed by atoms with Gasteiger partial charge in [-0.15, -0.1) is 24.0 Å². The molecule has 0 atom stereocenters. The Balaban J connectivity index is 0.00000288. The molecule has 0 spiro atoms. The van der Waals surface area contributed by atoms with Crippen LogP contribution in [0.4, 0.5) is 5.69 Å². The third-order valence-electron chi connectivity index (χ3n) is 3.90. The SMILES string of the molecule is CN=C(NCCCCc1ccc([N+](=O)[O-])cc1)NC1CC=CC1.I. The maximum atomic E-state index is 10.6. The first-order valence-electron chi connectivity index (χ1n) is 8.04. The second-order valence-electron chi connectivity index (χ2n) is 5.66. The van der Waals surface area contributed by atoms with Gasteiger partial charge in [0.1, 0.15) is 0 Å². The van der Waals surface area contributed by atoms with E-state index in [2.05, 4.69) is 27.8 Å². The minimum Gasteiger partial charge on any atom is -0.356 e. The third-order valence-corrected chi connectivity index (χ3v) is 3.90. The zero-order valence-corrected chi connectivity index (χ0v) is 16.2. The van der Waals surface area contributed by atoms with Crippen LogP contribution in [0.15, 0.2) is 41.4 Å². The average molecular weight is 444 g/mol. The van der Waals surface area contributed by atoms with Gasteiger partial charge >= 0.3 is 0 Å². The molecule has 1 aromatic carbocycles. The summed E-state index contributed by atoms with van der Waals surface area (Å²) >= 11 is 0. The Hall–Kier alpha value is -1.64. The predicted molar refractivity (Wildman–Crippen MR) is 108 cm³/mol. The van der Waals surface area contributed by atoms with Crippen LogP contribution >= 0.6 is 24.0 Å². The number of benzene rings is 1. The second-order valence-corrected chi connectivity index (χ2v) is 5.66. The average Bonchev–Trinajstić information content (AvgIpc) is 3.07. The van der Waals surface area contributed by atoms with Gasteiger partial charge in [-0.3, -0.25) is 15.1 Å². The Kier molecular flexibility index (Phi) is 9.36. The van der Waals surface area contributed by atoms with Crippen LogP contribution in [0.5, 0.6) is 0 Å². The topological polar surface area (TPSA) is 79.6 Å². The number of non-ortho nitro benzene ring substituents is 1. The molecule has 0 radical (unpaired) electrons. The number of nitro benzene ring substituents is 1. The van der Waals surface area contributed by atoms with Crippen molar-refractivity contribution in [2.45, 2.75) is 38.1 Å². The summed E-state index contributed by atoms with van der Waals surface area (Å²) in [5.41, 5.74) is 1.28. The van der Waals surface area contributed by atoms with Crippen molar-refractivity contribution in [2.75, 3.05) is 13.6 Å². The summed E-state index contributed by atoms with van der Waals surface area (Å²) in [6.45, 7) is 0.868. The van der Waals surface area contributed by atoms with Crippen LogP contribution in [0.25, 0.3) is 0 Å². The zero-order valence-electron chi connectivity index (χ0n) is 13.9. The van der Waals surface area contributed by atoms with Gasteiger partial charge in [-0.2, -0.15) is 0 Å². The van der Waals surface area contributed by atoms with Gasteiger partial charge < -0.3 is 10.6 Å². The van der Waals surface area contributed by atoms with Crippen molar-refractivity contribution in [2.24, 2.45) is 4.99 Å². The molecule has 1 aliphatic rings. The maximum absolute atomic E-state index is 10.6. The lowest BCUT2D eigenvalue weighted by atomic mass is 10.1. The van der Waals surface area contributed by atoms with Crippen molar-refractivity contribution < 1.29 is 4.92 Å². The molecule has 1 aromatic rings. The molecule has 2 N–H and O–H groups in total. The number of guanidine groups is 1. The van der Waals surface area contributed by atoms with Gasteiger partial charge in [0, 0.05) is 31.8 Å². The Morgan fingerprint density at radius 2 is 1.92 bits per heavy atom. The Morgan fingerprint density at radius 1 is 1.25 bits per heavy atom. The Labute approximate surface area is 160 Å². The number of halogens is 1. The van der Waals surface area contributed by atoms with Crippen LogP contribution < -0.4 is 10.6 Å². The van der Waals surface area contributed by atoms with Gasteiger partial charge in [-0.05, 0) is 37.7 Å². The number of nitrogens with zero attached hydrogens (tertiary/aromatic N) is 2. The molecule has 0 saturated carbocycles. The number of aliphatic imine (C=N–C) groups is 1. The van der Waals surface area contributed by atoms with Gasteiger partial charge in [0.2, 0.25) is 0 Å². The molecule has 0 aromatic heterocycles. The molecule has 7 heteroatoms. The van der Waals surface area contributed by atoms with Crippen molar-refractivity contribution in [1.29, 1.82) is 0 Å². The lowest BCUT2D eigenvalue weighted by molar-refractivity contribution is -0.384. The maximum Gasteiger partial charge on any atom is 0.269 e. The minimum atomic E-state index is -0.369. The van der Waals surface area contributed by atoms with E-state index in [-0.39, 0.29) is 34.6 Å². The standard InChI is InChI=1S/C17H24N4O2.HI/c1-18-17(20-15-7-2-3-8-15)19-13-5-4-6-14-9-11-16(12-10-14)21(22)23;/h2-3,9-12,15H,4-8,13H2,1H3,(H2,18,19,20);1H. The number of rotatable bonds is 7. The number of aryl methyl sites for hydroxylation is 1. The van der Waals surface area contributed by atoms with Gasteiger partial charge in [0.05, 0.1) is 4.92 Å². The number of nitro groups is 1. The van der Waals surface area contributed by atoms with Gasteiger partial charge in [0.25, 0.3) is 5.69 Å². The molecule has 0 heterocycles. The second kappa shape index (κ2) is 11.0. The third kappa shape index (κ3) is 6.86. The van der Waals surface area contributed by atoms with Gasteiger partial charge in [0.15, 0.2) is 5.96 Å². The van der Waals surface area contributed by atoms with Crippen LogP contribution in [-0.4, -0.2) is 30.5 Å². The quantitative estimate of drug-likeness (QED) is 0.129. The van der Waals surface area contributed by atoms with Crippen molar-refractivity contribution in [3.63, 3.8) is 0 Å². The van der Waals surface area contributed by atoms with E-state index in [1.54, 1.807) is 19.2 Å². The summed E-state index contributed by atoms with van der Waals surface area (Å²) in [5.74, 6) is 0.856. The number of unbranched alkanes of at least 4 members (excludes halogenated alkanes) is 1. The van der Waals surface area contributed by atoms with Crippen LogP contribution in [0.3, 0.4) is 0 Å². The Morgan fingerprint density at radius 3 is 2.50 bits per heavy atom. The number of hydrogen-bond donors (Lipinski definition) is 2. The molecule has 24 heavy (non-hydrogen) atoms. The van der Waals surface area contributed by atoms with E-state index in [1.165, 1.54) is 0 Å². The molecule has 2 rings (SSSR count). The number of nitrogens with one attached hydrogen (secondary N) is 2. The highest BCUT2D eigenvalue weighted by Gasteiger charge is 2.11. The zero-order chi connectivity index (χ0) is 16.5. The van der Waals surface area contributed by atoms with E-state index in [0.717, 1.165) is 50.2 Å². The first-order chi connectivity index (χ1) is 11.2. The molecule has 0 fully saturated rings. The van der Waals surface area contributed by atoms with Crippen LogP contribution in [0.1, 0.15) is 31.2 Å². The van der Waals surface area contributed by atoms with Gasteiger partial charge in [-0.1, -0.05) is 24.3 Å². The molecule has 0 bridgehead atoms. The lowest BCUT2D eigenvalue weighted by Gasteiger charge is -2.16. The van der Waals surface area contributed by atoms with E-state index < -0.39 is 0 Å². The van der Waals surface area contributed by atoms with Crippen LogP contribution in [-0.2, 0) is 6.42 Å². The van der Waals surface area contributed by atoms with Crippen molar-refractivity contribution in [3.05, 3.63) is 52.1 Å².